The molecule has 3 aromatic heterocycles. The molecule has 0 spiro atoms. The number of aromatic nitrogens is 4. The zero-order chi connectivity index (χ0) is 10.6. The van der Waals surface area contributed by atoms with Gasteiger partial charge in [0.05, 0.1) is 17.9 Å². The van der Waals surface area contributed by atoms with Gasteiger partial charge < -0.3 is 8.94 Å². The molecule has 3 heterocycles. The molecule has 0 fully saturated rings. The van der Waals surface area contributed by atoms with E-state index in [1.165, 1.54) is 25.1 Å². The summed E-state index contributed by atoms with van der Waals surface area (Å²) in [6.45, 7) is 0. The van der Waals surface area contributed by atoms with Crippen molar-refractivity contribution in [2.45, 2.75) is 0 Å². The molecule has 0 atom stereocenters. The van der Waals surface area contributed by atoms with Crippen LogP contribution < -0.4 is 0 Å². The van der Waals surface area contributed by atoms with Crippen LogP contribution in [0.4, 0.5) is 0 Å². The summed E-state index contributed by atoms with van der Waals surface area (Å²) >= 11 is 1.60. The third-order valence-electron chi connectivity index (χ3n) is 0.977. The third kappa shape index (κ3) is 7.08. The minimum Gasteiger partial charge on any atom is -0.452 e. The molecule has 0 aliphatic rings. The van der Waals surface area contributed by atoms with E-state index in [1.807, 2.05) is 5.38 Å². The van der Waals surface area contributed by atoms with E-state index in [2.05, 4.69) is 29.3 Å². The Kier molecular flexibility index (Phi) is 6.32. The van der Waals surface area contributed by atoms with E-state index in [1.54, 1.807) is 29.2 Å². The molecule has 0 N–H and O–H groups in total. The summed E-state index contributed by atoms with van der Waals surface area (Å²) in [7, 11) is 0. The minimum absolute atomic E-state index is 1.38. The Morgan fingerprint density at radius 3 is 2.20 bits per heavy atom. The second-order valence-corrected chi connectivity index (χ2v) is 2.69. The maximum absolute atomic E-state index is 4.47. The second kappa shape index (κ2) is 8.57. The van der Waals surface area contributed by atoms with Crippen molar-refractivity contribution >= 4 is 11.3 Å². The second-order valence-electron chi connectivity index (χ2n) is 1.94. The van der Waals surface area contributed by atoms with Gasteiger partial charge in [-0.1, -0.05) is 0 Å². The van der Waals surface area contributed by atoms with Crippen LogP contribution >= 0.6 is 11.3 Å². The van der Waals surface area contributed by atoms with Gasteiger partial charge in [0.15, 0.2) is 6.39 Å². The zero-order valence-electron chi connectivity index (χ0n) is 7.63. The largest absolute Gasteiger partial charge is 0.452 e. The smallest absolute Gasteiger partial charge is 0.180 e. The van der Waals surface area contributed by atoms with Crippen molar-refractivity contribution in [3.05, 3.63) is 48.4 Å². The summed E-state index contributed by atoms with van der Waals surface area (Å²) in [6.07, 6.45) is 9.12. The summed E-state index contributed by atoms with van der Waals surface area (Å²) in [4.78, 5) is 7.30. The van der Waals surface area contributed by atoms with E-state index in [4.69, 9.17) is 0 Å². The fourth-order valence-electron chi connectivity index (χ4n) is 0.487. The molecule has 0 aromatic carbocycles. The van der Waals surface area contributed by atoms with Crippen LogP contribution in [0.3, 0.4) is 0 Å². The van der Waals surface area contributed by atoms with E-state index < -0.39 is 0 Å². The number of nitrogens with zero attached hydrogens (tertiary/aromatic N) is 4. The van der Waals surface area contributed by atoms with Crippen molar-refractivity contribution in [2.24, 2.45) is 0 Å². The standard InChI is InChI=1S/C3H3NO.C3H3NS.C2H2N2O/c2*1-2-5-3-4-1;1-2-5-4-3-1/h2*1-3H;1-2H. The molecule has 3 aromatic rings. The Morgan fingerprint density at radius 1 is 1.00 bits per heavy atom. The predicted molar refractivity (Wildman–Crippen MR) is 52.9 cm³/mol. The quantitative estimate of drug-likeness (QED) is 0.580. The van der Waals surface area contributed by atoms with Crippen LogP contribution in [0.1, 0.15) is 0 Å². The lowest BCUT2D eigenvalue weighted by molar-refractivity contribution is 0.393. The van der Waals surface area contributed by atoms with Gasteiger partial charge in [-0.25, -0.2) is 4.98 Å². The fraction of sp³-hybridized carbons (Fsp3) is 0. The van der Waals surface area contributed by atoms with Crippen molar-refractivity contribution in [2.75, 3.05) is 0 Å². The number of hydrogen-bond acceptors (Lipinski definition) is 7. The topological polar surface area (TPSA) is 77.8 Å². The molecule has 0 radical (unpaired) electrons. The van der Waals surface area contributed by atoms with Crippen LogP contribution in [0, 0.1) is 0 Å². The van der Waals surface area contributed by atoms with E-state index in [-0.39, 0.29) is 0 Å². The first-order valence-corrected chi connectivity index (χ1v) is 4.79. The van der Waals surface area contributed by atoms with Gasteiger partial charge in [-0.05, 0) is 0 Å². The lowest BCUT2D eigenvalue weighted by atomic mass is 11.0. The Balaban J connectivity index is 0.000000112. The Labute approximate surface area is 89.6 Å². The van der Waals surface area contributed by atoms with Gasteiger partial charge in [-0.2, -0.15) is 0 Å². The summed E-state index contributed by atoms with van der Waals surface area (Å²) in [5.74, 6) is 0. The van der Waals surface area contributed by atoms with E-state index in [0.717, 1.165) is 0 Å². The predicted octanol–water partition coefficient (Wildman–Crippen LogP) is 1.89. The van der Waals surface area contributed by atoms with Crippen LogP contribution in [0.25, 0.3) is 0 Å². The molecule has 0 aliphatic carbocycles. The molecule has 78 valence electrons. The molecule has 0 bridgehead atoms. The number of hydrogen-bond donors (Lipinski definition) is 0. The summed E-state index contributed by atoms with van der Waals surface area (Å²) < 4.78 is 8.69. The average Bonchev–Trinajstić information content (AvgIpc) is 3.09. The average molecular weight is 224 g/mol. The normalized spacial score (nSPS) is 8.00. The van der Waals surface area contributed by atoms with E-state index in [9.17, 15) is 0 Å². The molecule has 0 amide bonds. The third-order valence-corrected chi connectivity index (χ3v) is 1.50. The van der Waals surface area contributed by atoms with Gasteiger partial charge in [0.1, 0.15) is 12.5 Å². The van der Waals surface area contributed by atoms with Crippen molar-refractivity contribution in [1.29, 1.82) is 0 Å². The molecule has 6 nitrogen and oxygen atoms in total. The first kappa shape index (κ1) is 11.1. The van der Waals surface area contributed by atoms with Crippen molar-refractivity contribution in [3.63, 3.8) is 0 Å². The van der Waals surface area contributed by atoms with Crippen molar-refractivity contribution in [3.8, 4) is 0 Å². The minimum atomic E-state index is 1.38. The van der Waals surface area contributed by atoms with Crippen molar-refractivity contribution in [1.82, 2.24) is 20.3 Å². The lowest BCUT2D eigenvalue weighted by Gasteiger charge is -1.47. The summed E-state index contributed by atoms with van der Waals surface area (Å²) in [6, 6.07) is 0. The van der Waals surface area contributed by atoms with Gasteiger partial charge in [-0.3, -0.25) is 4.98 Å². The molecule has 15 heavy (non-hydrogen) atoms. The molecule has 3 rings (SSSR count). The number of rotatable bonds is 0. The molecular weight excluding hydrogens is 216 g/mol. The molecule has 0 aliphatic heterocycles. The SMILES string of the molecule is c1cocn1.c1conn1.c1cscn1. The van der Waals surface area contributed by atoms with Crippen LogP contribution in [0.15, 0.2) is 57.3 Å². The Morgan fingerprint density at radius 2 is 2.00 bits per heavy atom. The summed E-state index contributed by atoms with van der Waals surface area (Å²) in [5, 5.41) is 8.33. The Bertz CT molecular complexity index is 257. The molecule has 0 saturated heterocycles. The summed E-state index contributed by atoms with van der Waals surface area (Å²) in [5.41, 5.74) is 1.79. The van der Waals surface area contributed by atoms with Gasteiger partial charge >= 0.3 is 0 Å². The molecule has 7 heteroatoms. The first-order chi connectivity index (χ1) is 7.50. The zero-order valence-corrected chi connectivity index (χ0v) is 8.45. The van der Waals surface area contributed by atoms with Gasteiger partial charge in [0.2, 0.25) is 0 Å². The maximum atomic E-state index is 4.47. The maximum Gasteiger partial charge on any atom is 0.180 e. The fourth-order valence-corrected chi connectivity index (χ4v) is 0.839. The van der Waals surface area contributed by atoms with Crippen LogP contribution in [-0.4, -0.2) is 20.3 Å². The molecule has 0 saturated carbocycles. The highest BCUT2D eigenvalue weighted by Crippen LogP contribution is 1.85. The first-order valence-electron chi connectivity index (χ1n) is 3.85. The van der Waals surface area contributed by atoms with Gasteiger partial charge in [0, 0.05) is 16.8 Å². The van der Waals surface area contributed by atoms with Gasteiger partial charge in [0.25, 0.3) is 0 Å². The van der Waals surface area contributed by atoms with Crippen LogP contribution in [-0.2, 0) is 0 Å². The molecule has 0 unspecified atom stereocenters. The number of oxazole rings is 1. The molecular formula is C8H8N4O2S. The van der Waals surface area contributed by atoms with Crippen molar-refractivity contribution < 1.29 is 8.94 Å². The Hall–Kier alpha value is -2.02. The lowest BCUT2D eigenvalue weighted by Crippen LogP contribution is -1.53. The van der Waals surface area contributed by atoms with Gasteiger partial charge in [-0.15, -0.1) is 16.4 Å². The highest BCUT2D eigenvalue weighted by Gasteiger charge is 1.61. The highest BCUT2D eigenvalue weighted by molar-refractivity contribution is 7.07. The van der Waals surface area contributed by atoms with E-state index >= 15 is 0 Å². The highest BCUT2D eigenvalue weighted by atomic mass is 32.1. The monoisotopic (exact) mass is 224 g/mol. The van der Waals surface area contributed by atoms with Crippen LogP contribution in [0.5, 0.6) is 0 Å². The number of thiazole rings is 1. The van der Waals surface area contributed by atoms with Crippen LogP contribution in [0.2, 0.25) is 0 Å². The van der Waals surface area contributed by atoms with E-state index in [0.29, 0.717) is 0 Å².